The van der Waals surface area contributed by atoms with Gasteiger partial charge >= 0.3 is 5.97 Å². The molecule has 76 valence electrons. The molecule has 2 aromatic rings. The third kappa shape index (κ3) is 1.76. The summed E-state index contributed by atoms with van der Waals surface area (Å²) >= 11 is 0. The zero-order chi connectivity index (χ0) is 10.8. The quantitative estimate of drug-likeness (QED) is 0.814. The summed E-state index contributed by atoms with van der Waals surface area (Å²) in [4.78, 5) is 10.7. The number of aromatic carboxylic acids is 1. The molecular formula is C12H10O3. The Balaban J connectivity index is 2.48. The van der Waals surface area contributed by atoms with Crippen LogP contribution in [0.2, 0.25) is 0 Å². The van der Waals surface area contributed by atoms with Gasteiger partial charge in [0.05, 0.1) is 11.8 Å². The van der Waals surface area contributed by atoms with Crippen LogP contribution in [-0.4, -0.2) is 11.1 Å². The summed E-state index contributed by atoms with van der Waals surface area (Å²) in [6.45, 7) is 1.87. The van der Waals surface area contributed by atoms with E-state index in [2.05, 4.69) is 0 Å². The van der Waals surface area contributed by atoms with Crippen molar-refractivity contribution in [3.63, 3.8) is 0 Å². The minimum Gasteiger partial charge on any atom is -0.478 e. The third-order valence-corrected chi connectivity index (χ3v) is 2.26. The molecule has 1 heterocycles. The predicted octanol–water partition coefficient (Wildman–Crippen LogP) is 2.95. The molecule has 1 N–H and O–H groups in total. The fourth-order valence-corrected chi connectivity index (χ4v) is 1.50. The van der Waals surface area contributed by atoms with Crippen LogP contribution in [0.25, 0.3) is 11.3 Å². The van der Waals surface area contributed by atoms with Crippen molar-refractivity contribution in [1.29, 1.82) is 0 Å². The van der Waals surface area contributed by atoms with Crippen LogP contribution in [-0.2, 0) is 0 Å². The number of furan rings is 1. The Hall–Kier alpha value is -2.03. The summed E-state index contributed by atoms with van der Waals surface area (Å²) in [6.07, 6.45) is 1.60. The summed E-state index contributed by atoms with van der Waals surface area (Å²) in [5, 5.41) is 8.81. The molecule has 0 radical (unpaired) electrons. The number of hydrogen-bond donors (Lipinski definition) is 1. The highest BCUT2D eigenvalue weighted by atomic mass is 16.4. The zero-order valence-electron chi connectivity index (χ0n) is 8.23. The van der Waals surface area contributed by atoms with Crippen LogP contribution in [0, 0.1) is 6.92 Å². The number of benzene rings is 1. The number of carboxylic acids is 1. The van der Waals surface area contributed by atoms with Crippen molar-refractivity contribution in [3.8, 4) is 11.3 Å². The van der Waals surface area contributed by atoms with Crippen molar-refractivity contribution in [1.82, 2.24) is 0 Å². The Bertz CT molecular complexity index is 484. The van der Waals surface area contributed by atoms with E-state index >= 15 is 0 Å². The van der Waals surface area contributed by atoms with E-state index in [4.69, 9.17) is 9.52 Å². The lowest BCUT2D eigenvalue weighted by Crippen LogP contribution is -1.96. The number of carboxylic acid groups (broad SMARTS) is 1. The maximum Gasteiger partial charge on any atom is 0.335 e. The Morgan fingerprint density at radius 1 is 1.33 bits per heavy atom. The predicted molar refractivity (Wildman–Crippen MR) is 55.8 cm³/mol. The molecular weight excluding hydrogens is 192 g/mol. The average Bonchev–Trinajstić information content (AvgIpc) is 2.70. The highest BCUT2D eigenvalue weighted by Crippen LogP contribution is 2.24. The summed E-state index contributed by atoms with van der Waals surface area (Å²) in [6, 6.07) is 8.63. The Morgan fingerprint density at radius 2 is 2.13 bits per heavy atom. The lowest BCUT2D eigenvalue weighted by atomic mass is 10.0. The molecule has 0 fully saturated rings. The lowest BCUT2D eigenvalue weighted by molar-refractivity contribution is 0.0697. The largest absolute Gasteiger partial charge is 0.478 e. The van der Waals surface area contributed by atoms with E-state index in [0.717, 1.165) is 16.9 Å². The minimum atomic E-state index is -0.913. The molecule has 3 heteroatoms. The molecule has 0 bridgehead atoms. The van der Waals surface area contributed by atoms with Crippen molar-refractivity contribution < 1.29 is 14.3 Å². The summed E-state index contributed by atoms with van der Waals surface area (Å²) < 4.78 is 5.25. The molecule has 3 nitrogen and oxygen atoms in total. The van der Waals surface area contributed by atoms with E-state index in [9.17, 15) is 4.79 Å². The third-order valence-electron chi connectivity index (χ3n) is 2.26. The Morgan fingerprint density at radius 3 is 2.67 bits per heavy atom. The Labute approximate surface area is 87.0 Å². The summed E-state index contributed by atoms with van der Waals surface area (Å²) in [5.74, 6) is -0.159. The van der Waals surface area contributed by atoms with E-state index in [-0.39, 0.29) is 0 Å². The van der Waals surface area contributed by atoms with Crippen LogP contribution in [0.3, 0.4) is 0 Å². The molecule has 0 aliphatic rings. The first kappa shape index (κ1) is 9.52. The van der Waals surface area contributed by atoms with Crippen molar-refractivity contribution in [2.24, 2.45) is 0 Å². The molecule has 0 atom stereocenters. The SMILES string of the molecule is Cc1cc(C(=O)O)ccc1-c1ccco1. The van der Waals surface area contributed by atoms with Gasteiger partial charge in [-0.3, -0.25) is 0 Å². The normalized spacial score (nSPS) is 10.2. The summed E-state index contributed by atoms with van der Waals surface area (Å²) in [7, 11) is 0. The van der Waals surface area contributed by atoms with Crippen LogP contribution in [0.15, 0.2) is 41.0 Å². The topological polar surface area (TPSA) is 50.4 Å². The van der Waals surface area contributed by atoms with Gasteiger partial charge in [-0.05, 0) is 36.8 Å². The van der Waals surface area contributed by atoms with E-state index in [1.807, 2.05) is 13.0 Å². The number of rotatable bonds is 2. The van der Waals surface area contributed by atoms with Crippen LogP contribution in [0.5, 0.6) is 0 Å². The van der Waals surface area contributed by atoms with Gasteiger partial charge in [-0.2, -0.15) is 0 Å². The number of hydrogen-bond acceptors (Lipinski definition) is 2. The van der Waals surface area contributed by atoms with Crippen molar-refractivity contribution in [2.75, 3.05) is 0 Å². The first-order valence-corrected chi connectivity index (χ1v) is 4.56. The molecule has 0 saturated heterocycles. The van der Waals surface area contributed by atoms with Gasteiger partial charge in [0.2, 0.25) is 0 Å². The standard InChI is InChI=1S/C12H10O3/c1-8-7-9(12(13)14)4-5-10(8)11-3-2-6-15-11/h2-7H,1H3,(H,13,14). The zero-order valence-corrected chi connectivity index (χ0v) is 8.23. The molecule has 1 aromatic heterocycles. The minimum absolute atomic E-state index is 0.294. The maximum atomic E-state index is 10.7. The highest BCUT2D eigenvalue weighted by Gasteiger charge is 2.08. The van der Waals surface area contributed by atoms with E-state index in [0.29, 0.717) is 5.56 Å². The van der Waals surface area contributed by atoms with Crippen LogP contribution in [0.1, 0.15) is 15.9 Å². The van der Waals surface area contributed by atoms with Gasteiger partial charge in [0.25, 0.3) is 0 Å². The molecule has 15 heavy (non-hydrogen) atoms. The first-order valence-electron chi connectivity index (χ1n) is 4.56. The number of carbonyl (C=O) groups is 1. The molecule has 0 amide bonds. The fourth-order valence-electron chi connectivity index (χ4n) is 1.50. The van der Waals surface area contributed by atoms with Gasteiger partial charge in [-0.1, -0.05) is 6.07 Å². The van der Waals surface area contributed by atoms with Gasteiger partial charge in [-0.25, -0.2) is 4.79 Å². The maximum absolute atomic E-state index is 10.7. The lowest BCUT2D eigenvalue weighted by Gasteiger charge is -2.03. The summed E-state index contributed by atoms with van der Waals surface area (Å²) in [5.41, 5.74) is 2.11. The van der Waals surface area contributed by atoms with E-state index in [1.54, 1.807) is 30.5 Å². The van der Waals surface area contributed by atoms with Gasteiger partial charge in [0.15, 0.2) is 0 Å². The molecule has 0 unspecified atom stereocenters. The average molecular weight is 202 g/mol. The second-order valence-corrected chi connectivity index (χ2v) is 3.31. The van der Waals surface area contributed by atoms with Crippen molar-refractivity contribution in [3.05, 3.63) is 47.7 Å². The molecule has 0 saturated carbocycles. The van der Waals surface area contributed by atoms with Crippen LogP contribution >= 0.6 is 0 Å². The smallest absolute Gasteiger partial charge is 0.335 e. The molecule has 1 aromatic carbocycles. The van der Waals surface area contributed by atoms with Gasteiger partial charge in [0.1, 0.15) is 5.76 Å². The fraction of sp³-hybridized carbons (Fsp3) is 0.0833. The van der Waals surface area contributed by atoms with Gasteiger partial charge in [0, 0.05) is 5.56 Å². The molecule has 0 spiro atoms. The molecule has 2 rings (SSSR count). The first-order chi connectivity index (χ1) is 7.18. The van der Waals surface area contributed by atoms with Gasteiger partial charge in [-0.15, -0.1) is 0 Å². The van der Waals surface area contributed by atoms with Crippen LogP contribution in [0.4, 0.5) is 0 Å². The van der Waals surface area contributed by atoms with Crippen molar-refractivity contribution in [2.45, 2.75) is 6.92 Å². The van der Waals surface area contributed by atoms with Crippen LogP contribution < -0.4 is 0 Å². The van der Waals surface area contributed by atoms with Gasteiger partial charge < -0.3 is 9.52 Å². The second kappa shape index (κ2) is 3.61. The number of aryl methyl sites for hydroxylation is 1. The Kier molecular flexibility index (Phi) is 2.29. The highest BCUT2D eigenvalue weighted by molar-refractivity contribution is 5.88. The molecule has 0 aliphatic carbocycles. The van der Waals surface area contributed by atoms with E-state index in [1.165, 1.54) is 0 Å². The monoisotopic (exact) mass is 202 g/mol. The molecule has 0 aliphatic heterocycles. The van der Waals surface area contributed by atoms with E-state index < -0.39 is 5.97 Å². The van der Waals surface area contributed by atoms with Crippen molar-refractivity contribution >= 4 is 5.97 Å². The second-order valence-electron chi connectivity index (χ2n) is 3.31.